The molecule has 0 fully saturated rings. The first kappa shape index (κ1) is 18.2. The van der Waals surface area contributed by atoms with Crippen molar-refractivity contribution >= 4 is 26.0 Å². The van der Waals surface area contributed by atoms with Crippen molar-refractivity contribution in [2.24, 2.45) is 0 Å². The predicted molar refractivity (Wildman–Crippen MR) is 83.5 cm³/mol. The van der Waals surface area contributed by atoms with Gasteiger partial charge in [0.1, 0.15) is 16.4 Å². The molecule has 0 spiro atoms. The molecule has 1 aromatic carbocycles. The summed E-state index contributed by atoms with van der Waals surface area (Å²) in [6, 6.07) is 2.99. The monoisotopic (exact) mass is 381 g/mol. The SMILES string of the molecule is CCOCCCNS(=O)(=O)c1cc(OC)c(Br)cc1OC. The average Bonchev–Trinajstić information content (AvgIpc) is 2.46. The van der Waals surface area contributed by atoms with Crippen LogP contribution >= 0.6 is 15.9 Å². The maximum absolute atomic E-state index is 12.3. The molecule has 0 aliphatic carbocycles. The van der Waals surface area contributed by atoms with Crippen molar-refractivity contribution in [3.05, 3.63) is 16.6 Å². The molecule has 0 bridgehead atoms. The minimum absolute atomic E-state index is 0.0430. The Morgan fingerprint density at radius 3 is 2.43 bits per heavy atom. The van der Waals surface area contributed by atoms with E-state index >= 15 is 0 Å². The molecule has 6 nitrogen and oxygen atoms in total. The molecule has 0 saturated heterocycles. The van der Waals surface area contributed by atoms with Crippen LogP contribution in [-0.4, -0.2) is 42.4 Å². The van der Waals surface area contributed by atoms with E-state index in [0.29, 0.717) is 36.4 Å². The van der Waals surface area contributed by atoms with Gasteiger partial charge in [-0.2, -0.15) is 0 Å². The highest BCUT2D eigenvalue weighted by Gasteiger charge is 2.21. The number of sulfonamides is 1. The lowest BCUT2D eigenvalue weighted by Gasteiger charge is -2.13. The standard InChI is InChI=1S/C13H20BrNO5S/c1-4-20-7-5-6-15-21(16,17)13-9-11(18-2)10(14)8-12(13)19-3/h8-9,15H,4-7H2,1-3H3. The van der Waals surface area contributed by atoms with E-state index in [-0.39, 0.29) is 10.6 Å². The van der Waals surface area contributed by atoms with E-state index < -0.39 is 10.0 Å². The number of rotatable bonds is 9. The smallest absolute Gasteiger partial charge is 0.244 e. The molecule has 0 aliphatic rings. The van der Waals surface area contributed by atoms with Crippen LogP contribution in [0.4, 0.5) is 0 Å². The number of hydrogen-bond acceptors (Lipinski definition) is 5. The fourth-order valence-electron chi connectivity index (χ4n) is 1.65. The van der Waals surface area contributed by atoms with E-state index in [0.717, 1.165) is 0 Å². The molecular formula is C13H20BrNO5S. The molecule has 0 heterocycles. The summed E-state index contributed by atoms with van der Waals surface area (Å²) < 4.78 is 43.2. The quantitative estimate of drug-likeness (QED) is 0.663. The Hall–Kier alpha value is -0.830. The largest absolute Gasteiger partial charge is 0.496 e. The fourth-order valence-corrected chi connectivity index (χ4v) is 3.37. The van der Waals surface area contributed by atoms with Crippen molar-refractivity contribution in [2.75, 3.05) is 34.0 Å². The number of benzene rings is 1. The van der Waals surface area contributed by atoms with E-state index in [1.54, 1.807) is 6.07 Å². The molecular weight excluding hydrogens is 362 g/mol. The van der Waals surface area contributed by atoms with Crippen LogP contribution < -0.4 is 14.2 Å². The van der Waals surface area contributed by atoms with Gasteiger partial charge in [0.05, 0.1) is 18.7 Å². The van der Waals surface area contributed by atoms with Crippen molar-refractivity contribution in [3.8, 4) is 11.5 Å². The molecule has 0 amide bonds. The van der Waals surface area contributed by atoms with Crippen LogP contribution in [0.5, 0.6) is 11.5 Å². The molecule has 0 radical (unpaired) electrons. The average molecular weight is 382 g/mol. The van der Waals surface area contributed by atoms with Gasteiger partial charge < -0.3 is 14.2 Å². The normalized spacial score (nSPS) is 11.4. The van der Waals surface area contributed by atoms with E-state index in [2.05, 4.69) is 20.7 Å². The van der Waals surface area contributed by atoms with Crippen LogP contribution in [0.2, 0.25) is 0 Å². The number of halogens is 1. The number of methoxy groups -OCH3 is 2. The Balaban J connectivity index is 2.91. The van der Waals surface area contributed by atoms with Gasteiger partial charge in [0.15, 0.2) is 0 Å². The number of nitrogens with one attached hydrogen (secondary N) is 1. The van der Waals surface area contributed by atoms with Gasteiger partial charge in [-0.3, -0.25) is 0 Å². The zero-order valence-electron chi connectivity index (χ0n) is 12.3. The first-order chi connectivity index (χ1) is 9.96. The van der Waals surface area contributed by atoms with Gasteiger partial charge in [0, 0.05) is 25.8 Å². The maximum atomic E-state index is 12.3. The third-order valence-electron chi connectivity index (χ3n) is 2.69. The van der Waals surface area contributed by atoms with E-state index in [1.807, 2.05) is 6.92 Å². The van der Waals surface area contributed by atoms with Crippen molar-refractivity contribution in [1.82, 2.24) is 4.72 Å². The molecule has 0 unspecified atom stereocenters. The zero-order valence-corrected chi connectivity index (χ0v) is 14.7. The Morgan fingerprint density at radius 2 is 1.86 bits per heavy atom. The van der Waals surface area contributed by atoms with Gasteiger partial charge in [-0.05, 0) is 35.3 Å². The fraction of sp³-hybridized carbons (Fsp3) is 0.538. The molecule has 120 valence electrons. The van der Waals surface area contributed by atoms with E-state index in [1.165, 1.54) is 20.3 Å². The van der Waals surface area contributed by atoms with E-state index in [4.69, 9.17) is 14.2 Å². The predicted octanol–water partition coefficient (Wildman–Crippen LogP) is 2.17. The molecule has 0 atom stereocenters. The first-order valence-corrected chi connectivity index (χ1v) is 8.72. The summed E-state index contributed by atoms with van der Waals surface area (Å²) >= 11 is 3.29. The zero-order chi connectivity index (χ0) is 15.9. The third-order valence-corrected chi connectivity index (χ3v) is 4.79. The molecule has 0 aliphatic heterocycles. The minimum atomic E-state index is -3.67. The lowest BCUT2D eigenvalue weighted by molar-refractivity contribution is 0.146. The van der Waals surface area contributed by atoms with Gasteiger partial charge in [0.2, 0.25) is 10.0 Å². The van der Waals surface area contributed by atoms with E-state index in [9.17, 15) is 8.42 Å². The molecule has 1 aromatic rings. The van der Waals surface area contributed by atoms with Crippen LogP contribution in [-0.2, 0) is 14.8 Å². The maximum Gasteiger partial charge on any atom is 0.244 e. The van der Waals surface area contributed by atoms with Gasteiger partial charge in [0.25, 0.3) is 0 Å². The van der Waals surface area contributed by atoms with Crippen molar-refractivity contribution in [3.63, 3.8) is 0 Å². The van der Waals surface area contributed by atoms with Crippen LogP contribution in [0.25, 0.3) is 0 Å². The van der Waals surface area contributed by atoms with Crippen molar-refractivity contribution < 1.29 is 22.6 Å². The van der Waals surface area contributed by atoms with Gasteiger partial charge in [-0.25, -0.2) is 13.1 Å². The summed E-state index contributed by atoms with van der Waals surface area (Å²) in [7, 11) is -0.781. The summed E-state index contributed by atoms with van der Waals surface area (Å²) in [6.45, 7) is 3.32. The highest BCUT2D eigenvalue weighted by Crippen LogP contribution is 2.35. The molecule has 1 rings (SSSR count). The highest BCUT2D eigenvalue weighted by atomic mass is 79.9. The molecule has 1 N–H and O–H groups in total. The second-order valence-corrected chi connectivity index (χ2v) is 6.68. The lowest BCUT2D eigenvalue weighted by Crippen LogP contribution is -2.26. The Morgan fingerprint density at radius 1 is 1.19 bits per heavy atom. The lowest BCUT2D eigenvalue weighted by atomic mass is 10.3. The third kappa shape index (κ3) is 5.14. The highest BCUT2D eigenvalue weighted by molar-refractivity contribution is 9.10. The van der Waals surface area contributed by atoms with Gasteiger partial charge >= 0.3 is 0 Å². The molecule has 0 saturated carbocycles. The second-order valence-electron chi connectivity index (χ2n) is 4.09. The summed E-state index contributed by atoms with van der Waals surface area (Å²) in [5.74, 6) is 0.672. The summed E-state index contributed by atoms with van der Waals surface area (Å²) in [6.07, 6.45) is 0.600. The van der Waals surface area contributed by atoms with Gasteiger partial charge in [-0.1, -0.05) is 0 Å². The van der Waals surface area contributed by atoms with Crippen molar-refractivity contribution in [1.29, 1.82) is 0 Å². The van der Waals surface area contributed by atoms with Crippen LogP contribution in [0.1, 0.15) is 13.3 Å². The topological polar surface area (TPSA) is 73.9 Å². The van der Waals surface area contributed by atoms with Crippen LogP contribution in [0.3, 0.4) is 0 Å². The molecule has 21 heavy (non-hydrogen) atoms. The second kappa shape index (κ2) is 8.57. The Labute approximate surface area is 134 Å². The Bertz CT molecular complexity index is 562. The minimum Gasteiger partial charge on any atom is -0.496 e. The summed E-state index contributed by atoms with van der Waals surface area (Å²) in [4.78, 5) is 0.0430. The number of hydrogen-bond donors (Lipinski definition) is 1. The van der Waals surface area contributed by atoms with Crippen molar-refractivity contribution in [2.45, 2.75) is 18.2 Å². The summed E-state index contributed by atoms with van der Waals surface area (Å²) in [5.41, 5.74) is 0. The molecule has 8 heteroatoms. The molecule has 0 aromatic heterocycles. The summed E-state index contributed by atoms with van der Waals surface area (Å²) in [5, 5.41) is 0. The first-order valence-electron chi connectivity index (χ1n) is 6.45. The van der Waals surface area contributed by atoms with Crippen LogP contribution in [0, 0.1) is 0 Å². The Kier molecular flexibility index (Phi) is 7.44. The number of ether oxygens (including phenoxy) is 3. The van der Waals surface area contributed by atoms with Crippen LogP contribution in [0.15, 0.2) is 21.5 Å². The van der Waals surface area contributed by atoms with Gasteiger partial charge in [-0.15, -0.1) is 0 Å².